The van der Waals surface area contributed by atoms with Gasteiger partial charge in [0.25, 0.3) is 5.91 Å². The van der Waals surface area contributed by atoms with Crippen LogP contribution in [0.15, 0.2) is 30.5 Å². The lowest BCUT2D eigenvalue weighted by atomic mass is 9.90. The Morgan fingerprint density at radius 1 is 1.24 bits per heavy atom. The molecule has 0 unspecified atom stereocenters. The zero-order valence-corrected chi connectivity index (χ0v) is 19.2. The maximum absolute atomic E-state index is 13.1. The van der Waals surface area contributed by atoms with Crippen LogP contribution in [-0.4, -0.2) is 54.4 Å². The fraction of sp³-hybridized carbons (Fsp3) is 0.458. The Morgan fingerprint density at radius 2 is 1.94 bits per heavy atom. The maximum Gasteiger partial charge on any atom is 0.425 e. The monoisotopic (exact) mass is 493 g/mol. The van der Waals surface area contributed by atoms with Crippen molar-refractivity contribution in [2.75, 3.05) is 26.3 Å². The summed E-state index contributed by atoms with van der Waals surface area (Å²) in [7, 11) is 0. The third-order valence-electron chi connectivity index (χ3n) is 6.29. The lowest BCUT2D eigenvalue weighted by Gasteiger charge is -2.39. The molecule has 6 nitrogen and oxygen atoms in total. The quantitative estimate of drug-likeness (QED) is 0.581. The summed E-state index contributed by atoms with van der Waals surface area (Å²) in [6, 6.07) is 8.27. The van der Waals surface area contributed by atoms with Crippen LogP contribution in [0.5, 0.6) is 5.75 Å². The van der Waals surface area contributed by atoms with Crippen LogP contribution in [0.25, 0.3) is 0 Å². The molecular weight excluding hydrogens is 471 g/mol. The minimum Gasteiger partial charge on any atom is -0.480 e. The number of pyridine rings is 1. The molecule has 10 heteroatoms. The highest BCUT2D eigenvalue weighted by atomic mass is 35.5. The molecule has 0 aliphatic carbocycles. The normalized spacial score (nSPS) is 18.2. The Balaban J connectivity index is 1.47. The first-order valence-corrected chi connectivity index (χ1v) is 11.4. The second-order valence-corrected chi connectivity index (χ2v) is 8.90. The molecule has 0 spiro atoms. The van der Waals surface area contributed by atoms with Crippen molar-refractivity contribution in [3.63, 3.8) is 0 Å². The standard InChI is InChI=1S/C24H23ClF3N3O3/c1-14(24(26,27)28)34-20-5-3-16(10-29)22(25)21(20)23(32)31-12-18(13-31)19-4-2-17(11-30-19)15-6-8-33-9-7-15/h2-5,11,14-15,18H,6-9,12-13H2,1H3/t14-/m0/s1. The van der Waals surface area contributed by atoms with Gasteiger partial charge in [-0.2, -0.15) is 18.4 Å². The molecule has 4 rings (SSSR count). The maximum atomic E-state index is 13.1. The van der Waals surface area contributed by atoms with Gasteiger partial charge in [-0.25, -0.2) is 0 Å². The van der Waals surface area contributed by atoms with E-state index in [1.807, 2.05) is 18.3 Å². The van der Waals surface area contributed by atoms with E-state index in [1.54, 1.807) is 0 Å². The zero-order chi connectivity index (χ0) is 24.5. The van der Waals surface area contributed by atoms with Crippen LogP contribution in [0.4, 0.5) is 13.2 Å². The number of nitriles is 1. The molecular formula is C24H23ClF3N3O3. The largest absolute Gasteiger partial charge is 0.480 e. The summed E-state index contributed by atoms with van der Waals surface area (Å²) in [5, 5.41) is 9.03. The van der Waals surface area contributed by atoms with Gasteiger partial charge in [0, 0.05) is 44.1 Å². The van der Waals surface area contributed by atoms with Gasteiger partial charge < -0.3 is 14.4 Å². The van der Waals surface area contributed by atoms with Crippen molar-refractivity contribution in [3.05, 3.63) is 57.9 Å². The predicted molar refractivity (Wildman–Crippen MR) is 118 cm³/mol. The predicted octanol–water partition coefficient (Wildman–Crippen LogP) is 5.07. The van der Waals surface area contributed by atoms with Gasteiger partial charge in [0.2, 0.25) is 0 Å². The molecule has 2 fully saturated rings. The van der Waals surface area contributed by atoms with Crippen LogP contribution in [0, 0.1) is 11.3 Å². The SMILES string of the molecule is C[C@H](Oc1ccc(C#N)c(Cl)c1C(=O)N1CC(c2ccc(C3CCOCC3)cn2)C1)C(F)(F)F. The van der Waals surface area contributed by atoms with E-state index in [4.69, 9.17) is 21.1 Å². The van der Waals surface area contributed by atoms with E-state index in [0.29, 0.717) is 19.0 Å². The molecule has 0 N–H and O–H groups in total. The summed E-state index contributed by atoms with van der Waals surface area (Å²) in [6.07, 6.45) is -2.97. The fourth-order valence-corrected chi connectivity index (χ4v) is 4.40. The Labute approximate surface area is 200 Å². The number of aromatic nitrogens is 1. The Morgan fingerprint density at radius 3 is 2.53 bits per heavy atom. The molecule has 34 heavy (non-hydrogen) atoms. The number of ether oxygens (including phenoxy) is 2. The number of alkyl halides is 3. The van der Waals surface area contributed by atoms with E-state index in [2.05, 4.69) is 11.1 Å². The molecule has 2 aliphatic rings. The number of halogens is 4. The smallest absolute Gasteiger partial charge is 0.425 e. The molecule has 2 saturated heterocycles. The summed E-state index contributed by atoms with van der Waals surface area (Å²) >= 11 is 6.22. The highest BCUT2D eigenvalue weighted by molar-refractivity contribution is 6.35. The molecule has 0 radical (unpaired) electrons. The third-order valence-corrected chi connectivity index (χ3v) is 6.68. The second kappa shape index (κ2) is 9.80. The van der Waals surface area contributed by atoms with E-state index in [0.717, 1.165) is 38.7 Å². The number of amides is 1. The zero-order valence-electron chi connectivity index (χ0n) is 18.4. The summed E-state index contributed by atoms with van der Waals surface area (Å²) in [5.74, 6) is -0.450. The Bertz CT molecular complexity index is 1090. The van der Waals surface area contributed by atoms with Crippen molar-refractivity contribution in [3.8, 4) is 11.8 Å². The number of rotatable bonds is 5. The third kappa shape index (κ3) is 4.98. The molecule has 0 bridgehead atoms. The summed E-state index contributed by atoms with van der Waals surface area (Å²) < 4.78 is 49.5. The molecule has 1 aromatic heterocycles. The number of likely N-dealkylation sites (tertiary alicyclic amines) is 1. The highest BCUT2D eigenvalue weighted by Gasteiger charge is 2.40. The van der Waals surface area contributed by atoms with E-state index in [-0.39, 0.29) is 27.8 Å². The first-order valence-electron chi connectivity index (χ1n) is 11.0. The topological polar surface area (TPSA) is 75.5 Å². The van der Waals surface area contributed by atoms with Gasteiger partial charge in [-0.15, -0.1) is 0 Å². The number of carbonyl (C=O) groups excluding carboxylic acids is 1. The van der Waals surface area contributed by atoms with Crippen LogP contribution >= 0.6 is 11.6 Å². The van der Waals surface area contributed by atoms with E-state index < -0.39 is 18.2 Å². The number of benzene rings is 1. The summed E-state index contributed by atoms with van der Waals surface area (Å²) in [4.78, 5) is 19.2. The first-order chi connectivity index (χ1) is 16.2. The molecule has 2 aromatic rings. The van der Waals surface area contributed by atoms with Gasteiger partial charge in [0.1, 0.15) is 17.4 Å². The number of nitrogens with zero attached hydrogens (tertiary/aromatic N) is 3. The van der Waals surface area contributed by atoms with Gasteiger partial charge >= 0.3 is 6.18 Å². The lowest BCUT2D eigenvalue weighted by Crippen LogP contribution is -2.49. The van der Waals surface area contributed by atoms with Crippen molar-refractivity contribution in [2.24, 2.45) is 0 Å². The first kappa shape index (κ1) is 24.3. The van der Waals surface area contributed by atoms with Gasteiger partial charge in [0.05, 0.1) is 10.6 Å². The lowest BCUT2D eigenvalue weighted by molar-refractivity contribution is -0.189. The molecule has 2 aliphatic heterocycles. The summed E-state index contributed by atoms with van der Waals surface area (Å²) in [5.41, 5.74) is 1.76. The van der Waals surface area contributed by atoms with Crippen LogP contribution in [0.2, 0.25) is 5.02 Å². The average Bonchev–Trinajstić information content (AvgIpc) is 2.78. The fourth-order valence-electron chi connectivity index (χ4n) is 4.12. The molecule has 1 amide bonds. The van der Waals surface area contributed by atoms with Gasteiger partial charge in [-0.1, -0.05) is 17.7 Å². The minimum absolute atomic E-state index is 0.00378. The molecule has 1 atom stereocenters. The van der Waals surface area contributed by atoms with Crippen molar-refractivity contribution in [2.45, 2.75) is 43.9 Å². The van der Waals surface area contributed by atoms with Crippen LogP contribution < -0.4 is 4.74 Å². The summed E-state index contributed by atoms with van der Waals surface area (Å²) in [6.45, 7) is 3.01. The molecule has 3 heterocycles. The van der Waals surface area contributed by atoms with Crippen molar-refractivity contribution in [1.82, 2.24) is 9.88 Å². The Hall–Kier alpha value is -2.83. The number of hydrogen-bond acceptors (Lipinski definition) is 5. The van der Waals surface area contributed by atoms with Gasteiger partial charge in [-0.3, -0.25) is 9.78 Å². The second-order valence-electron chi connectivity index (χ2n) is 8.52. The molecule has 0 saturated carbocycles. The van der Waals surface area contributed by atoms with E-state index in [9.17, 15) is 23.2 Å². The van der Waals surface area contributed by atoms with Crippen LogP contribution in [-0.2, 0) is 4.74 Å². The highest BCUT2D eigenvalue weighted by Crippen LogP contribution is 2.37. The van der Waals surface area contributed by atoms with Crippen molar-refractivity contribution in [1.29, 1.82) is 5.26 Å². The van der Waals surface area contributed by atoms with Gasteiger partial charge in [-0.05, 0) is 49.4 Å². The Kier molecular flexibility index (Phi) is 7.01. The van der Waals surface area contributed by atoms with Crippen molar-refractivity contribution >= 4 is 17.5 Å². The van der Waals surface area contributed by atoms with Crippen LogP contribution in [0.3, 0.4) is 0 Å². The molecule has 180 valence electrons. The van der Waals surface area contributed by atoms with E-state index in [1.165, 1.54) is 22.6 Å². The number of hydrogen-bond donors (Lipinski definition) is 0. The minimum atomic E-state index is -4.62. The van der Waals surface area contributed by atoms with Crippen LogP contribution in [0.1, 0.15) is 58.8 Å². The van der Waals surface area contributed by atoms with E-state index >= 15 is 0 Å². The van der Waals surface area contributed by atoms with Gasteiger partial charge in [0.15, 0.2) is 6.10 Å². The molecule has 1 aromatic carbocycles. The number of carbonyl (C=O) groups is 1. The van der Waals surface area contributed by atoms with Crippen molar-refractivity contribution < 1.29 is 27.4 Å². The average molecular weight is 494 g/mol.